The minimum atomic E-state index is -4.72. The van der Waals surface area contributed by atoms with E-state index in [1.165, 1.54) is 18.2 Å². The molecule has 1 heterocycles. The first-order chi connectivity index (χ1) is 12.3. The Labute approximate surface area is 173 Å². The molecule has 0 aromatic heterocycles. The number of nitrogens with one attached hydrogen (secondary N) is 1. The summed E-state index contributed by atoms with van der Waals surface area (Å²) in [6.45, 7) is 4.84. The molecule has 0 unspecified atom stereocenters. The van der Waals surface area contributed by atoms with E-state index in [2.05, 4.69) is 15.0 Å². The van der Waals surface area contributed by atoms with Crippen LogP contribution in [0, 0.1) is 12.7 Å². The molecule has 0 spiro atoms. The second-order valence-electron chi connectivity index (χ2n) is 6.31. The molecule has 3 rings (SSSR count). The highest BCUT2D eigenvalue weighted by molar-refractivity contribution is 5.85. The lowest BCUT2D eigenvalue weighted by molar-refractivity contribution is -0.274. The Morgan fingerprint density at radius 1 is 0.964 bits per heavy atom. The molecule has 0 saturated carbocycles. The van der Waals surface area contributed by atoms with Crippen LogP contribution < -0.4 is 10.1 Å². The third-order valence-electron chi connectivity index (χ3n) is 4.46. The number of halogens is 6. The van der Waals surface area contributed by atoms with Crippen LogP contribution in [0.3, 0.4) is 0 Å². The van der Waals surface area contributed by atoms with Crippen molar-refractivity contribution in [2.24, 2.45) is 0 Å². The van der Waals surface area contributed by atoms with Crippen molar-refractivity contribution in [2.45, 2.75) is 19.3 Å². The van der Waals surface area contributed by atoms with Crippen molar-refractivity contribution in [1.82, 2.24) is 10.2 Å². The first kappa shape index (κ1) is 24.5. The monoisotopic (exact) mass is 440 g/mol. The van der Waals surface area contributed by atoms with Crippen LogP contribution in [0.25, 0.3) is 0 Å². The zero-order valence-corrected chi connectivity index (χ0v) is 16.8. The Morgan fingerprint density at radius 3 is 2.07 bits per heavy atom. The van der Waals surface area contributed by atoms with Crippen LogP contribution >= 0.6 is 24.8 Å². The molecule has 9 heteroatoms. The number of rotatable bonds is 4. The highest BCUT2D eigenvalue weighted by Gasteiger charge is 2.31. The molecular weight excluding hydrogens is 419 g/mol. The Balaban J connectivity index is 0.00000196. The molecule has 3 nitrogen and oxygen atoms in total. The Bertz CT molecular complexity index is 751. The van der Waals surface area contributed by atoms with Crippen molar-refractivity contribution >= 4 is 24.8 Å². The molecule has 1 aliphatic rings. The number of hydrogen-bond acceptors (Lipinski definition) is 3. The summed E-state index contributed by atoms with van der Waals surface area (Å²) in [6, 6.07) is 10.7. The molecule has 0 amide bonds. The topological polar surface area (TPSA) is 24.5 Å². The van der Waals surface area contributed by atoms with Gasteiger partial charge in [-0.2, -0.15) is 0 Å². The van der Waals surface area contributed by atoms with Gasteiger partial charge in [0.25, 0.3) is 0 Å². The zero-order chi connectivity index (χ0) is 18.7. The van der Waals surface area contributed by atoms with Crippen LogP contribution in [-0.2, 0) is 0 Å². The third kappa shape index (κ3) is 6.24. The molecule has 0 aliphatic carbocycles. The number of aryl methyl sites for hydroxylation is 1. The van der Waals surface area contributed by atoms with E-state index in [4.69, 9.17) is 0 Å². The predicted octanol–water partition coefficient (Wildman–Crippen LogP) is 4.87. The Hall–Kier alpha value is -1.54. The molecular formula is C19H22Cl2F4N2O. The quantitative estimate of drug-likeness (QED) is 0.686. The fourth-order valence-electron chi connectivity index (χ4n) is 3.19. The van der Waals surface area contributed by atoms with Crippen molar-refractivity contribution in [1.29, 1.82) is 0 Å². The van der Waals surface area contributed by atoms with Gasteiger partial charge >= 0.3 is 6.36 Å². The van der Waals surface area contributed by atoms with E-state index in [0.29, 0.717) is 5.56 Å². The number of benzene rings is 2. The minimum Gasteiger partial charge on any atom is -0.406 e. The van der Waals surface area contributed by atoms with Crippen LogP contribution in [0.2, 0.25) is 0 Å². The summed E-state index contributed by atoms with van der Waals surface area (Å²) in [4.78, 5) is 2.19. The Morgan fingerprint density at radius 2 is 1.54 bits per heavy atom. The lowest BCUT2D eigenvalue weighted by Gasteiger charge is -2.35. The van der Waals surface area contributed by atoms with Crippen LogP contribution in [0.5, 0.6) is 5.75 Å². The summed E-state index contributed by atoms with van der Waals surface area (Å²) < 4.78 is 55.1. The zero-order valence-electron chi connectivity index (χ0n) is 15.1. The van der Waals surface area contributed by atoms with Crippen LogP contribution in [0.15, 0.2) is 42.5 Å². The lowest BCUT2D eigenvalue weighted by Crippen LogP contribution is -2.45. The molecule has 0 bridgehead atoms. The lowest BCUT2D eigenvalue weighted by atomic mass is 9.95. The summed E-state index contributed by atoms with van der Waals surface area (Å²) >= 11 is 0. The van der Waals surface area contributed by atoms with Gasteiger partial charge in [0.15, 0.2) is 0 Å². The number of ether oxygens (including phenoxy) is 1. The number of hydrogen-bond donors (Lipinski definition) is 1. The third-order valence-corrected chi connectivity index (χ3v) is 4.46. The second kappa shape index (κ2) is 10.3. The Kier molecular flexibility index (Phi) is 9.01. The van der Waals surface area contributed by atoms with E-state index in [1.54, 1.807) is 25.1 Å². The SMILES string of the molecule is Cc1ccc([C@@H](c2ccc(OC(F)(F)F)cc2)N2CCNCC2)cc1F.Cl.Cl. The van der Waals surface area contributed by atoms with Gasteiger partial charge in [0.2, 0.25) is 0 Å². The average molecular weight is 441 g/mol. The summed E-state index contributed by atoms with van der Waals surface area (Å²) in [5, 5.41) is 3.27. The molecule has 1 saturated heterocycles. The van der Waals surface area contributed by atoms with Crippen molar-refractivity contribution in [2.75, 3.05) is 26.2 Å². The summed E-state index contributed by atoms with van der Waals surface area (Å²) in [5.41, 5.74) is 2.13. The van der Waals surface area contributed by atoms with Gasteiger partial charge in [0.05, 0.1) is 6.04 Å². The fourth-order valence-corrected chi connectivity index (χ4v) is 3.19. The molecule has 1 atom stereocenters. The summed E-state index contributed by atoms with van der Waals surface area (Å²) in [7, 11) is 0. The van der Waals surface area contributed by atoms with Gasteiger partial charge in [-0.25, -0.2) is 4.39 Å². The van der Waals surface area contributed by atoms with Crippen molar-refractivity contribution in [3.05, 3.63) is 65.0 Å². The van der Waals surface area contributed by atoms with Crippen molar-refractivity contribution in [3.63, 3.8) is 0 Å². The highest BCUT2D eigenvalue weighted by Crippen LogP contribution is 2.32. The van der Waals surface area contributed by atoms with E-state index < -0.39 is 6.36 Å². The van der Waals surface area contributed by atoms with Gasteiger partial charge in [-0.3, -0.25) is 4.90 Å². The molecule has 1 aliphatic heterocycles. The van der Waals surface area contributed by atoms with Crippen molar-refractivity contribution < 1.29 is 22.3 Å². The molecule has 2 aromatic rings. The number of nitrogens with zero attached hydrogens (tertiary/aromatic N) is 1. The average Bonchev–Trinajstić information content (AvgIpc) is 2.59. The maximum absolute atomic E-state index is 14.1. The van der Waals surface area contributed by atoms with Crippen LogP contribution in [0.1, 0.15) is 22.7 Å². The standard InChI is InChI=1S/C19H20F4N2O.2ClH/c1-13-2-3-15(12-17(13)20)18(25-10-8-24-9-11-25)14-4-6-16(7-5-14)26-19(21,22)23;;/h2-7,12,18,24H,8-11H2,1H3;2*1H/t18-;;/m1../s1. The first-order valence-electron chi connectivity index (χ1n) is 8.40. The van der Waals surface area contributed by atoms with Gasteiger partial charge < -0.3 is 10.1 Å². The van der Waals surface area contributed by atoms with E-state index in [-0.39, 0.29) is 42.4 Å². The van der Waals surface area contributed by atoms with Gasteiger partial charge in [-0.05, 0) is 41.8 Å². The number of piperazine rings is 1. The van der Waals surface area contributed by atoms with E-state index >= 15 is 0 Å². The molecule has 1 fully saturated rings. The number of alkyl halides is 3. The van der Waals surface area contributed by atoms with Gasteiger partial charge in [0, 0.05) is 26.2 Å². The van der Waals surface area contributed by atoms with E-state index in [0.717, 1.165) is 37.3 Å². The first-order valence-corrected chi connectivity index (χ1v) is 8.40. The van der Waals surface area contributed by atoms with E-state index in [9.17, 15) is 17.6 Å². The molecule has 156 valence electrons. The van der Waals surface area contributed by atoms with Gasteiger partial charge in [-0.15, -0.1) is 38.0 Å². The molecule has 0 radical (unpaired) electrons. The second-order valence-corrected chi connectivity index (χ2v) is 6.31. The van der Waals surface area contributed by atoms with Crippen LogP contribution in [0.4, 0.5) is 17.6 Å². The maximum Gasteiger partial charge on any atom is 0.573 e. The van der Waals surface area contributed by atoms with Crippen molar-refractivity contribution in [3.8, 4) is 5.75 Å². The molecule has 1 N–H and O–H groups in total. The summed E-state index contributed by atoms with van der Waals surface area (Å²) in [6.07, 6.45) is -4.72. The highest BCUT2D eigenvalue weighted by atomic mass is 35.5. The van der Waals surface area contributed by atoms with Gasteiger partial charge in [0.1, 0.15) is 11.6 Å². The minimum absolute atomic E-state index is 0. The maximum atomic E-state index is 14.1. The van der Waals surface area contributed by atoms with Gasteiger partial charge in [-0.1, -0.05) is 24.3 Å². The van der Waals surface area contributed by atoms with Crippen LogP contribution in [-0.4, -0.2) is 37.4 Å². The normalized spacial score (nSPS) is 15.9. The predicted molar refractivity (Wildman–Crippen MR) is 105 cm³/mol. The smallest absolute Gasteiger partial charge is 0.406 e. The molecule has 2 aromatic carbocycles. The summed E-state index contributed by atoms with van der Waals surface area (Å²) in [5.74, 6) is -0.560. The molecule has 28 heavy (non-hydrogen) atoms. The van der Waals surface area contributed by atoms with E-state index in [1.807, 2.05) is 6.07 Å². The fraction of sp³-hybridized carbons (Fsp3) is 0.368. The largest absolute Gasteiger partial charge is 0.573 e.